The Labute approximate surface area is 134 Å². The molecule has 0 heterocycles. The molecular weight excluding hydrogens is 300 g/mol. The topological polar surface area (TPSA) is 52.5 Å². The molecule has 0 radical (unpaired) electrons. The molecule has 0 fully saturated rings. The summed E-state index contributed by atoms with van der Waals surface area (Å²) in [7, 11) is 0. The number of halogens is 2. The van der Waals surface area contributed by atoms with Crippen LogP contribution in [0, 0.1) is 11.6 Å². The minimum absolute atomic E-state index is 0.177. The molecule has 2 aromatic rings. The normalized spacial score (nSPS) is 16.6. The van der Waals surface area contributed by atoms with Crippen molar-refractivity contribution < 1.29 is 19.0 Å². The van der Waals surface area contributed by atoms with Crippen LogP contribution < -0.4 is 5.32 Å². The molecule has 124 valence electrons. The van der Waals surface area contributed by atoms with E-state index in [0.717, 1.165) is 0 Å². The van der Waals surface area contributed by atoms with Gasteiger partial charge in [0.1, 0.15) is 11.6 Å². The molecule has 5 heteroatoms. The molecular formula is C18H21F2NO2. The smallest absolute Gasteiger partial charge is 0.123 e. The van der Waals surface area contributed by atoms with E-state index in [2.05, 4.69) is 5.32 Å². The summed E-state index contributed by atoms with van der Waals surface area (Å²) >= 11 is 0. The molecule has 2 rings (SSSR count). The lowest BCUT2D eigenvalue weighted by atomic mass is 9.93. The molecule has 23 heavy (non-hydrogen) atoms. The van der Waals surface area contributed by atoms with Crippen LogP contribution in [-0.4, -0.2) is 23.3 Å². The predicted octanol–water partition coefficient (Wildman–Crippen LogP) is 2.67. The van der Waals surface area contributed by atoms with Crippen LogP contribution in [0.1, 0.15) is 25.0 Å². The number of nitrogens with one attached hydrogen (secondary N) is 1. The van der Waals surface area contributed by atoms with E-state index in [9.17, 15) is 19.0 Å². The van der Waals surface area contributed by atoms with Crippen molar-refractivity contribution in [1.29, 1.82) is 0 Å². The van der Waals surface area contributed by atoms with Crippen LogP contribution in [0.15, 0.2) is 48.5 Å². The molecule has 0 amide bonds. The molecule has 0 aliphatic heterocycles. The number of rotatable bonds is 6. The van der Waals surface area contributed by atoms with Gasteiger partial charge in [-0.1, -0.05) is 24.3 Å². The first kappa shape index (κ1) is 17.5. The lowest BCUT2D eigenvalue weighted by Crippen LogP contribution is -2.42. The molecule has 0 spiro atoms. The maximum absolute atomic E-state index is 12.9. The molecule has 0 saturated carbocycles. The van der Waals surface area contributed by atoms with E-state index in [0.29, 0.717) is 11.1 Å². The average molecular weight is 321 g/mol. The largest absolute Gasteiger partial charge is 0.384 e. The summed E-state index contributed by atoms with van der Waals surface area (Å²) in [5, 5.41) is 23.9. The average Bonchev–Trinajstić information content (AvgIpc) is 2.47. The molecule has 0 bridgehead atoms. The molecule has 0 saturated heterocycles. The van der Waals surface area contributed by atoms with Crippen molar-refractivity contribution in [3.05, 3.63) is 71.3 Å². The Kier molecular flexibility index (Phi) is 5.14. The fourth-order valence-electron chi connectivity index (χ4n) is 2.37. The van der Waals surface area contributed by atoms with Crippen LogP contribution >= 0.6 is 0 Å². The summed E-state index contributed by atoms with van der Waals surface area (Å²) < 4.78 is 25.9. The summed E-state index contributed by atoms with van der Waals surface area (Å²) in [6.07, 6.45) is 0. The predicted molar refractivity (Wildman–Crippen MR) is 84.8 cm³/mol. The first-order chi connectivity index (χ1) is 10.7. The molecule has 0 aliphatic carbocycles. The molecule has 2 atom stereocenters. The fourth-order valence-corrected chi connectivity index (χ4v) is 2.37. The highest BCUT2D eigenvalue weighted by Gasteiger charge is 2.27. The van der Waals surface area contributed by atoms with Crippen LogP contribution in [0.3, 0.4) is 0 Å². The summed E-state index contributed by atoms with van der Waals surface area (Å²) in [5.41, 5.74) is -1.25. The van der Waals surface area contributed by atoms with Gasteiger partial charge < -0.3 is 15.5 Å². The summed E-state index contributed by atoms with van der Waals surface area (Å²) in [4.78, 5) is 0. The standard InChI is InChI=1S/C18H21F2NO2/c1-17(22,13-3-7-15(19)8-4-13)11-21-12-18(2,23)14-5-9-16(20)10-6-14/h3-10,21-23H,11-12H2,1-2H3/t17-,18-/m1/s1. The Hall–Kier alpha value is -1.82. The Morgan fingerprint density at radius 1 is 0.739 bits per heavy atom. The fraction of sp³-hybridized carbons (Fsp3) is 0.333. The van der Waals surface area contributed by atoms with Gasteiger partial charge in [-0.15, -0.1) is 0 Å². The minimum atomic E-state index is -1.20. The van der Waals surface area contributed by atoms with Gasteiger partial charge in [-0.05, 0) is 49.2 Å². The van der Waals surface area contributed by atoms with E-state index >= 15 is 0 Å². The molecule has 0 unspecified atom stereocenters. The summed E-state index contributed by atoms with van der Waals surface area (Å²) in [6.45, 7) is 3.58. The summed E-state index contributed by atoms with van der Waals surface area (Å²) in [5.74, 6) is -0.728. The van der Waals surface area contributed by atoms with Crippen molar-refractivity contribution in [3.63, 3.8) is 0 Å². The Morgan fingerprint density at radius 2 is 1.04 bits per heavy atom. The molecule has 0 aliphatic rings. The Bertz CT molecular complexity index is 580. The van der Waals surface area contributed by atoms with Gasteiger partial charge in [0.15, 0.2) is 0 Å². The van der Waals surface area contributed by atoms with Crippen LogP contribution in [0.2, 0.25) is 0 Å². The highest BCUT2D eigenvalue weighted by molar-refractivity contribution is 5.24. The maximum Gasteiger partial charge on any atom is 0.123 e. The zero-order valence-electron chi connectivity index (χ0n) is 13.2. The van der Waals surface area contributed by atoms with Gasteiger partial charge in [-0.3, -0.25) is 0 Å². The monoisotopic (exact) mass is 321 g/mol. The zero-order chi connectivity index (χ0) is 17.1. The second-order valence-corrected chi connectivity index (χ2v) is 6.17. The Balaban J connectivity index is 1.97. The molecule has 3 nitrogen and oxygen atoms in total. The lowest BCUT2D eigenvalue weighted by molar-refractivity contribution is 0.0300. The maximum atomic E-state index is 12.9. The number of hydrogen-bond donors (Lipinski definition) is 3. The molecule has 3 N–H and O–H groups in total. The zero-order valence-corrected chi connectivity index (χ0v) is 13.2. The third-order valence-electron chi connectivity index (χ3n) is 3.87. The van der Waals surface area contributed by atoms with E-state index in [4.69, 9.17) is 0 Å². The van der Waals surface area contributed by atoms with Crippen molar-refractivity contribution in [1.82, 2.24) is 5.32 Å². The van der Waals surface area contributed by atoms with Gasteiger partial charge in [0.25, 0.3) is 0 Å². The third kappa shape index (κ3) is 4.58. The van der Waals surface area contributed by atoms with Gasteiger partial charge in [0, 0.05) is 13.1 Å². The van der Waals surface area contributed by atoms with Crippen LogP contribution in [0.5, 0.6) is 0 Å². The Morgan fingerprint density at radius 3 is 1.35 bits per heavy atom. The van der Waals surface area contributed by atoms with E-state index < -0.39 is 11.2 Å². The van der Waals surface area contributed by atoms with E-state index in [-0.39, 0.29) is 24.7 Å². The van der Waals surface area contributed by atoms with Crippen molar-refractivity contribution in [2.24, 2.45) is 0 Å². The van der Waals surface area contributed by atoms with Crippen molar-refractivity contribution in [3.8, 4) is 0 Å². The van der Waals surface area contributed by atoms with Gasteiger partial charge in [-0.25, -0.2) is 8.78 Å². The second kappa shape index (κ2) is 6.74. The van der Waals surface area contributed by atoms with Gasteiger partial charge in [0.2, 0.25) is 0 Å². The minimum Gasteiger partial charge on any atom is -0.384 e. The molecule has 0 aromatic heterocycles. The molecule has 2 aromatic carbocycles. The highest BCUT2D eigenvalue weighted by atomic mass is 19.1. The SMILES string of the molecule is C[C@@](O)(CNC[C@@](C)(O)c1ccc(F)cc1)c1ccc(F)cc1. The third-order valence-corrected chi connectivity index (χ3v) is 3.87. The van der Waals surface area contributed by atoms with Crippen LogP contribution in [-0.2, 0) is 11.2 Å². The van der Waals surface area contributed by atoms with Gasteiger partial charge in [-0.2, -0.15) is 0 Å². The highest BCUT2D eigenvalue weighted by Crippen LogP contribution is 2.22. The first-order valence-electron chi connectivity index (χ1n) is 7.38. The van der Waals surface area contributed by atoms with E-state index in [1.54, 1.807) is 13.8 Å². The van der Waals surface area contributed by atoms with Gasteiger partial charge >= 0.3 is 0 Å². The quantitative estimate of drug-likeness (QED) is 0.767. The summed E-state index contributed by atoms with van der Waals surface area (Å²) in [6, 6.07) is 11.3. The van der Waals surface area contributed by atoms with Crippen molar-refractivity contribution in [2.45, 2.75) is 25.0 Å². The van der Waals surface area contributed by atoms with Crippen LogP contribution in [0.4, 0.5) is 8.78 Å². The van der Waals surface area contributed by atoms with Crippen molar-refractivity contribution in [2.75, 3.05) is 13.1 Å². The van der Waals surface area contributed by atoms with E-state index in [1.807, 2.05) is 0 Å². The number of hydrogen-bond acceptors (Lipinski definition) is 3. The number of benzene rings is 2. The second-order valence-electron chi connectivity index (χ2n) is 6.17. The van der Waals surface area contributed by atoms with Crippen LogP contribution in [0.25, 0.3) is 0 Å². The number of aliphatic hydroxyl groups is 2. The van der Waals surface area contributed by atoms with Crippen molar-refractivity contribution >= 4 is 0 Å². The van der Waals surface area contributed by atoms with E-state index in [1.165, 1.54) is 48.5 Å². The lowest BCUT2D eigenvalue weighted by Gasteiger charge is -2.29. The first-order valence-corrected chi connectivity index (χ1v) is 7.38. The van der Waals surface area contributed by atoms with Gasteiger partial charge in [0.05, 0.1) is 11.2 Å².